The van der Waals surface area contributed by atoms with E-state index >= 15 is 0 Å². The van der Waals surface area contributed by atoms with E-state index in [0.29, 0.717) is 20.8 Å². The Balaban J connectivity index is 1.74. The third kappa shape index (κ3) is 3.65. The van der Waals surface area contributed by atoms with Gasteiger partial charge in [-0.15, -0.1) is 0 Å². The highest BCUT2D eigenvalue weighted by molar-refractivity contribution is 7.22. The molecule has 1 N–H and O–H groups in total. The lowest BCUT2D eigenvalue weighted by Crippen LogP contribution is -2.29. The van der Waals surface area contributed by atoms with E-state index in [1.807, 2.05) is 13.0 Å². The number of fused-ring (bicyclic) bond motifs is 1. The van der Waals surface area contributed by atoms with E-state index < -0.39 is 29.4 Å². The summed E-state index contributed by atoms with van der Waals surface area (Å²) in [6.07, 6.45) is 0. The molecule has 1 saturated heterocycles. The molecule has 170 valence electrons. The van der Waals surface area contributed by atoms with Crippen molar-refractivity contribution >= 4 is 55.7 Å². The maximum atomic E-state index is 13.8. The maximum absolute atomic E-state index is 13.8. The van der Waals surface area contributed by atoms with Crippen molar-refractivity contribution in [1.29, 1.82) is 0 Å². The first-order valence-electron chi connectivity index (χ1n) is 10.1. The standard InChI is InChI=1S/C25H15ClF2N2O3S/c1-12-3-2-4-14(9-12)21-20(22(31)13-5-7-15(26)8-6-13)23(32)24(33)30(21)25-29-18-10-16(27)17(28)11-19(18)34-25/h2-11,21,31H,1H3/b22-20+. The van der Waals surface area contributed by atoms with Crippen LogP contribution in [0.4, 0.5) is 13.9 Å². The second kappa shape index (κ2) is 8.30. The molecule has 3 aromatic carbocycles. The van der Waals surface area contributed by atoms with Crippen LogP contribution in [-0.2, 0) is 9.59 Å². The summed E-state index contributed by atoms with van der Waals surface area (Å²) in [5.74, 6) is -4.26. The number of halogens is 3. The lowest BCUT2D eigenvalue weighted by Gasteiger charge is -2.23. The normalized spacial score (nSPS) is 17.6. The van der Waals surface area contributed by atoms with Crippen molar-refractivity contribution in [3.05, 3.63) is 99.6 Å². The SMILES string of the molecule is Cc1cccc(C2/C(=C(\O)c3ccc(Cl)cc3)C(=O)C(=O)N2c2nc3cc(F)c(F)cc3s2)c1. The highest BCUT2D eigenvalue weighted by Gasteiger charge is 2.48. The fourth-order valence-electron chi connectivity index (χ4n) is 3.96. The molecule has 0 spiro atoms. The zero-order valence-corrected chi connectivity index (χ0v) is 19.1. The Morgan fingerprint density at radius 1 is 1.06 bits per heavy atom. The van der Waals surface area contributed by atoms with Crippen molar-refractivity contribution in [2.75, 3.05) is 4.90 Å². The summed E-state index contributed by atoms with van der Waals surface area (Å²) in [4.78, 5) is 31.9. The second-order valence-electron chi connectivity index (χ2n) is 7.82. The van der Waals surface area contributed by atoms with Crippen molar-refractivity contribution in [3.8, 4) is 0 Å². The average Bonchev–Trinajstić information content (AvgIpc) is 3.32. The second-order valence-corrected chi connectivity index (χ2v) is 9.27. The highest BCUT2D eigenvalue weighted by Crippen LogP contribution is 2.44. The predicted molar refractivity (Wildman–Crippen MR) is 127 cm³/mol. The highest BCUT2D eigenvalue weighted by atomic mass is 35.5. The molecule has 4 aromatic rings. The number of nitrogens with zero attached hydrogens (tertiary/aromatic N) is 2. The number of ketones is 1. The van der Waals surface area contributed by atoms with E-state index in [0.717, 1.165) is 29.0 Å². The van der Waals surface area contributed by atoms with Gasteiger partial charge in [0, 0.05) is 16.7 Å². The third-order valence-electron chi connectivity index (χ3n) is 5.55. The first-order chi connectivity index (χ1) is 16.2. The summed E-state index contributed by atoms with van der Waals surface area (Å²) in [6.45, 7) is 1.86. The van der Waals surface area contributed by atoms with E-state index in [9.17, 15) is 23.5 Å². The van der Waals surface area contributed by atoms with Gasteiger partial charge in [-0.25, -0.2) is 13.8 Å². The summed E-state index contributed by atoms with van der Waals surface area (Å²) in [5.41, 5.74) is 1.80. The van der Waals surface area contributed by atoms with Crippen LogP contribution in [0.1, 0.15) is 22.7 Å². The molecule has 1 atom stereocenters. The molecular weight excluding hydrogens is 482 g/mol. The lowest BCUT2D eigenvalue weighted by atomic mass is 9.94. The quantitative estimate of drug-likeness (QED) is 0.209. The Morgan fingerprint density at radius 2 is 1.76 bits per heavy atom. The Bertz CT molecular complexity index is 1480. The zero-order valence-electron chi connectivity index (χ0n) is 17.6. The first kappa shape index (κ1) is 22.2. The average molecular weight is 497 g/mol. The number of Topliss-reactive ketones (excluding diaryl/α,β-unsaturated/α-hetero) is 1. The number of aliphatic hydroxyl groups is 1. The minimum Gasteiger partial charge on any atom is -0.507 e. The molecule has 0 radical (unpaired) electrons. The summed E-state index contributed by atoms with van der Waals surface area (Å²) in [7, 11) is 0. The molecule has 9 heteroatoms. The molecule has 0 bridgehead atoms. The van der Waals surface area contributed by atoms with Gasteiger partial charge >= 0.3 is 5.91 Å². The number of hydrogen-bond acceptors (Lipinski definition) is 5. The van der Waals surface area contributed by atoms with E-state index in [2.05, 4.69) is 4.98 Å². The maximum Gasteiger partial charge on any atom is 0.301 e. The number of carbonyl (C=O) groups is 2. The van der Waals surface area contributed by atoms with Crippen molar-refractivity contribution in [3.63, 3.8) is 0 Å². The van der Waals surface area contributed by atoms with Crippen LogP contribution in [0.15, 0.2) is 66.2 Å². The number of aliphatic hydroxyl groups excluding tert-OH is 1. The van der Waals surface area contributed by atoms with Crippen LogP contribution in [0.25, 0.3) is 16.0 Å². The van der Waals surface area contributed by atoms with E-state index in [1.165, 1.54) is 4.90 Å². The molecule has 0 aliphatic carbocycles. The topological polar surface area (TPSA) is 70.5 Å². The van der Waals surface area contributed by atoms with E-state index in [4.69, 9.17) is 11.6 Å². The van der Waals surface area contributed by atoms with Crippen LogP contribution in [0, 0.1) is 18.6 Å². The van der Waals surface area contributed by atoms with Crippen LogP contribution in [0.3, 0.4) is 0 Å². The number of benzene rings is 3. The number of amides is 1. The van der Waals surface area contributed by atoms with Crippen molar-refractivity contribution in [2.24, 2.45) is 0 Å². The molecule has 0 saturated carbocycles. The third-order valence-corrected chi connectivity index (χ3v) is 6.81. The Hall–Kier alpha value is -3.62. The molecule has 2 heterocycles. The fraction of sp³-hybridized carbons (Fsp3) is 0.0800. The number of rotatable bonds is 3. The monoisotopic (exact) mass is 496 g/mol. The van der Waals surface area contributed by atoms with Crippen LogP contribution >= 0.6 is 22.9 Å². The van der Waals surface area contributed by atoms with Gasteiger partial charge in [0.2, 0.25) is 0 Å². The molecule has 1 unspecified atom stereocenters. The summed E-state index contributed by atoms with van der Waals surface area (Å²) in [5, 5.41) is 11.6. The Morgan fingerprint density at radius 3 is 2.47 bits per heavy atom. The van der Waals surface area contributed by atoms with Crippen molar-refractivity contribution in [2.45, 2.75) is 13.0 Å². The Labute approximate surface area is 201 Å². The van der Waals surface area contributed by atoms with Gasteiger partial charge in [0.15, 0.2) is 16.8 Å². The summed E-state index contributed by atoms with van der Waals surface area (Å²) < 4.78 is 27.8. The number of aryl methyl sites for hydroxylation is 1. The Kier molecular flexibility index (Phi) is 5.42. The van der Waals surface area contributed by atoms with Gasteiger partial charge in [-0.1, -0.05) is 52.8 Å². The van der Waals surface area contributed by atoms with E-state index in [1.54, 1.807) is 42.5 Å². The van der Waals surface area contributed by atoms with Gasteiger partial charge in [-0.05, 0) is 42.8 Å². The molecular formula is C25H15ClF2N2O3S. The minimum absolute atomic E-state index is 0.0868. The van der Waals surface area contributed by atoms with Gasteiger partial charge in [-0.3, -0.25) is 14.5 Å². The predicted octanol–water partition coefficient (Wildman–Crippen LogP) is 6.16. The smallest absolute Gasteiger partial charge is 0.301 e. The molecule has 1 fully saturated rings. The number of carbonyl (C=O) groups excluding carboxylic acids is 2. The molecule has 1 aromatic heterocycles. The summed E-state index contributed by atoms with van der Waals surface area (Å²) >= 11 is 6.90. The molecule has 1 aliphatic heterocycles. The van der Waals surface area contributed by atoms with E-state index in [-0.39, 0.29) is 22.0 Å². The zero-order chi connectivity index (χ0) is 24.1. The number of anilines is 1. The van der Waals surface area contributed by atoms with Gasteiger partial charge in [0.1, 0.15) is 5.76 Å². The molecule has 34 heavy (non-hydrogen) atoms. The van der Waals surface area contributed by atoms with Crippen molar-refractivity contribution in [1.82, 2.24) is 4.98 Å². The minimum atomic E-state index is -1.07. The number of aromatic nitrogens is 1. The van der Waals surface area contributed by atoms with Crippen LogP contribution in [-0.4, -0.2) is 21.8 Å². The van der Waals surface area contributed by atoms with Crippen LogP contribution in [0.5, 0.6) is 0 Å². The van der Waals surface area contributed by atoms with Crippen LogP contribution < -0.4 is 4.90 Å². The molecule has 5 rings (SSSR count). The molecule has 5 nitrogen and oxygen atoms in total. The molecule has 1 aliphatic rings. The number of thiazole rings is 1. The lowest BCUT2D eigenvalue weighted by molar-refractivity contribution is -0.132. The van der Waals surface area contributed by atoms with Gasteiger partial charge < -0.3 is 5.11 Å². The van der Waals surface area contributed by atoms with Gasteiger partial charge in [0.05, 0.1) is 21.8 Å². The molecule has 1 amide bonds. The van der Waals surface area contributed by atoms with Gasteiger partial charge in [0.25, 0.3) is 5.78 Å². The van der Waals surface area contributed by atoms with Crippen LogP contribution in [0.2, 0.25) is 5.02 Å². The first-order valence-corrected chi connectivity index (χ1v) is 11.3. The number of hydrogen-bond donors (Lipinski definition) is 1. The van der Waals surface area contributed by atoms with Crippen molar-refractivity contribution < 1.29 is 23.5 Å². The summed E-state index contributed by atoms with van der Waals surface area (Å²) in [6, 6.07) is 14.3. The van der Waals surface area contributed by atoms with Gasteiger partial charge in [-0.2, -0.15) is 0 Å². The largest absolute Gasteiger partial charge is 0.507 e. The fourth-order valence-corrected chi connectivity index (χ4v) is 5.09.